The largest absolute Gasteiger partial charge is 0.492 e. The van der Waals surface area contributed by atoms with Gasteiger partial charge in [-0.3, -0.25) is 0 Å². The average Bonchev–Trinajstić information content (AvgIpc) is 3.16. The molecule has 182 valence electrons. The van der Waals surface area contributed by atoms with E-state index < -0.39 is 23.7 Å². The Morgan fingerprint density at radius 2 is 1.61 bits per heavy atom. The predicted molar refractivity (Wildman–Crippen MR) is 134 cm³/mol. The van der Waals surface area contributed by atoms with E-state index in [-0.39, 0.29) is 17.1 Å². The molecule has 0 fully saturated rings. The van der Waals surface area contributed by atoms with Gasteiger partial charge in [0.05, 0.1) is 11.1 Å². The molecule has 0 amide bonds. The van der Waals surface area contributed by atoms with Gasteiger partial charge in [-0.2, -0.15) is 0 Å². The van der Waals surface area contributed by atoms with Gasteiger partial charge in [-0.05, 0) is 54.8 Å². The van der Waals surface area contributed by atoms with Crippen molar-refractivity contribution in [2.75, 3.05) is 11.9 Å². The monoisotopic (exact) mass is 484 g/mol. The van der Waals surface area contributed by atoms with Gasteiger partial charge < -0.3 is 25.1 Å². The Hall–Kier alpha value is -4.72. The molecule has 1 aliphatic heterocycles. The van der Waals surface area contributed by atoms with Crippen LogP contribution in [0.3, 0.4) is 0 Å². The van der Waals surface area contributed by atoms with Crippen LogP contribution in [0, 0.1) is 13.8 Å². The molecule has 1 unspecified atom stereocenters. The van der Waals surface area contributed by atoms with Crippen molar-refractivity contribution in [3.63, 3.8) is 0 Å². The first-order chi connectivity index (χ1) is 17.2. The van der Waals surface area contributed by atoms with Gasteiger partial charge in [0, 0.05) is 47.6 Å². The third-order valence-electron chi connectivity index (χ3n) is 6.64. The molecule has 2 aliphatic rings. The molecule has 1 aromatic heterocycles. The fraction of sp³-hybridized carbons (Fsp3) is 0.143. The van der Waals surface area contributed by atoms with Crippen molar-refractivity contribution in [2.24, 2.45) is 0 Å². The Bertz CT molecular complexity index is 1480. The fourth-order valence-corrected chi connectivity index (χ4v) is 5.12. The number of allylic oxidation sites excluding steroid dienone is 4. The minimum Gasteiger partial charge on any atom is -0.492 e. The Kier molecular flexibility index (Phi) is 5.44. The lowest BCUT2D eigenvalue weighted by Crippen LogP contribution is -2.29. The molecule has 8 heteroatoms. The number of hydrogen-bond donors (Lipinski definition) is 3. The van der Waals surface area contributed by atoms with Crippen molar-refractivity contribution in [1.82, 2.24) is 4.73 Å². The topological polar surface area (TPSA) is 112 Å². The zero-order chi connectivity index (χ0) is 25.7. The lowest BCUT2D eigenvalue weighted by Gasteiger charge is -2.37. The number of carbonyl (C=O) groups excluding carboxylic acids is 1. The van der Waals surface area contributed by atoms with Crippen LogP contribution in [0.5, 0.6) is 11.8 Å². The van der Waals surface area contributed by atoms with Crippen molar-refractivity contribution in [2.45, 2.75) is 19.8 Å². The van der Waals surface area contributed by atoms with Gasteiger partial charge in [0.25, 0.3) is 0 Å². The summed E-state index contributed by atoms with van der Waals surface area (Å²) in [6.07, 6.45) is 5.80. The molecule has 3 N–H and O–H groups in total. The molecule has 0 bridgehead atoms. The van der Waals surface area contributed by atoms with Crippen LogP contribution in [-0.4, -0.2) is 39.0 Å². The summed E-state index contributed by atoms with van der Waals surface area (Å²) in [6, 6.07) is 13.2. The van der Waals surface area contributed by atoms with Crippen LogP contribution in [0.1, 0.15) is 38.5 Å². The number of aliphatic carboxylic acids is 1. The Labute approximate surface area is 207 Å². The highest BCUT2D eigenvalue weighted by atomic mass is 16.7. The third kappa shape index (κ3) is 3.54. The number of likely N-dealkylation sites (N-methyl/N-ethyl adjacent to an activating group) is 1. The van der Waals surface area contributed by atoms with Crippen molar-refractivity contribution >= 4 is 23.2 Å². The van der Waals surface area contributed by atoms with Crippen molar-refractivity contribution in [3.8, 4) is 11.8 Å². The van der Waals surface area contributed by atoms with E-state index in [1.54, 1.807) is 12.1 Å². The minimum atomic E-state index is -1.00. The van der Waals surface area contributed by atoms with E-state index >= 15 is 0 Å². The number of para-hydroxylation sites is 1. The molecular formula is C28H24N2O6. The van der Waals surface area contributed by atoms with Gasteiger partial charge >= 0.3 is 11.9 Å². The molecule has 0 spiro atoms. The number of hydrogen-bond acceptors (Lipinski definition) is 6. The molecule has 0 saturated carbocycles. The van der Waals surface area contributed by atoms with Gasteiger partial charge in [-0.15, -0.1) is 4.73 Å². The number of rotatable bonds is 4. The molecule has 5 rings (SSSR count). The maximum absolute atomic E-state index is 12.8. The van der Waals surface area contributed by atoms with Crippen molar-refractivity contribution < 1.29 is 29.7 Å². The lowest BCUT2D eigenvalue weighted by molar-refractivity contribution is -0.130. The number of carboxylic acid groups (broad SMARTS) is 1. The number of carbonyl (C=O) groups is 2. The smallest absolute Gasteiger partial charge is 0.363 e. The second kappa shape index (κ2) is 8.49. The van der Waals surface area contributed by atoms with E-state index in [0.717, 1.165) is 28.1 Å². The molecule has 2 heterocycles. The van der Waals surface area contributed by atoms with E-state index in [2.05, 4.69) is 0 Å². The summed E-state index contributed by atoms with van der Waals surface area (Å²) in [7, 11) is 1.92. The highest BCUT2D eigenvalue weighted by Crippen LogP contribution is 2.48. The Morgan fingerprint density at radius 1 is 0.972 bits per heavy atom. The maximum Gasteiger partial charge on any atom is 0.363 e. The highest BCUT2D eigenvalue weighted by Gasteiger charge is 2.36. The van der Waals surface area contributed by atoms with Crippen molar-refractivity contribution in [1.29, 1.82) is 0 Å². The first-order valence-electron chi connectivity index (χ1n) is 11.3. The highest BCUT2D eigenvalue weighted by molar-refractivity contribution is 6.20. The lowest BCUT2D eigenvalue weighted by atomic mass is 9.76. The van der Waals surface area contributed by atoms with E-state index in [0.29, 0.717) is 15.9 Å². The van der Waals surface area contributed by atoms with Gasteiger partial charge in [0.1, 0.15) is 0 Å². The third-order valence-corrected chi connectivity index (χ3v) is 6.64. The summed E-state index contributed by atoms with van der Waals surface area (Å²) < 4.78 is 0.640. The second-order valence-corrected chi connectivity index (χ2v) is 8.83. The summed E-state index contributed by atoms with van der Waals surface area (Å²) in [5.74, 6) is -2.93. The molecule has 8 nitrogen and oxygen atoms in total. The number of fused-ring (bicyclic) bond motifs is 2. The Morgan fingerprint density at radius 3 is 2.25 bits per heavy atom. The fourth-order valence-electron chi connectivity index (χ4n) is 5.12. The Balaban J connectivity index is 1.61. The number of benzene rings is 2. The quantitative estimate of drug-likeness (QED) is 0.506. The normalized spacial score (nSPS) is 16.4. The van der Waals surface area contributed by atoms with Crippen LogP contribution in [0.2, 0.25) is 0 Å². The number of anilines is 1. The number of nitrogens with zero attached hydrogens (tertiary/aromatic N) is 2. The van der Waals surface area contributed by atoms with E-state index in [9.17, 15) is 24.9 Å². The summed E-state index contributed by atoms with van der Waals surface area (Å²) in [4.78, 5) is 32.5. The second-order valence-electron chi connectivity index (χ2n) is 8.83. The zero-order valence-corrected chi connectivity index (χ0v) is 19.9. The number of aromatic nitrogens is 1. The molecule has 0 saturated heterocycles. The SMILES string of the molecule is Cc1cc(C(=O)On2c(O)ccc2O)cc(C)c1C1C=CC=C2C1=C(C(=O)O)c1ccccc1N2C. The molecule has 36 heavy (non-hydrogen) atoms. The van der Waals surface area contributed by atoms with Crippen molar-refractivity contribution in [3.05, 3.63) is 106 Å². The number of aromatic hydroxyl groups is 2. The number of aryl methyl sites for hydroxylation is 2. The van der Waals surface area contributed by atoms with Crippen LogP contribution < -0.4 is 9.74 Å². The average molecular weight is 485 g/mol. The molecular weight excluding hydrogens is 460 g/mol. The van der Waals surface area contributed by atoms with E-state index in [4.69, 9.17) is 4.84 Å². The van der Waals surface area contributed by atoms with Crippen LogP contribution in [-0.2, 0) is 4.79 Å². The van der Waals surface area contributed by atoms with E-state index in [1.165, 1.54) is 12.1 Å². The van der Waals surface area contributed by atoms with Gasteiger partial charge in [-0.1, -0.05) is 30.4 Å². The molecule has 3 aromatic rings. The molecule has 1 atom stereocenters. The summed E-state index contributed by atoms with van der Waals surface area (Å²) in [6.45, 7) is 3.72. The van der Waals surface area contributed by atoms with Crippen LogP contribution in [0.25, 0.3) is 5.57 Å². The first kappa shape index (κ1) is 23.0. The number of carboxylic acids is 1. The zero-order valence-electron chi connectivity index (χ0n) is 19.9. The molecule has 2 aromatic carbocycles. The van der Waals surface area contributed by atoms with Crippen LogP contribution in [0.15, 0.2) is 78.0 Å². The van der Waals surface area contributed by atoms with Crippen LogP contribution in [0.4, 0.5) is 5.69 Å². The summed E-state index contributed by atoms with van der Waals surface area (Å²) in [5.41, 5.74) is 5.90. The maximum atomic E-state index is 12.8. The van der Waals surface area contributed by atoms with Gasteiger partial charge in [0.2, 0.25) is 11.8 Å². The first-order valence-corrected chi connectivity index (χ1v) is 11.3. The molecule has 1 aliphatic carbocycles. The summed E-state index contributed by atoms with van der Waals surface area (Å²) >= 11 is 0. The predicted octanol–water partition coefficient (Wildman–Crippen LogP) is 4.31. The van der Waals surface area contributed by atoms with Gasteiger partial charge in [-0.25, -0.2) is 9.59 Å². The molecule has 0 radical (unpaired) electrons. The minimum absolute atomic E-state index is 0.232. The summed E-state index contributed by atoms with van der Waals surface area (Å²) in [5, 5.41) is 29.8. The van der Waals surface area contributed by atoms with E-state index in [1.807, 2.05) is 68.3 Å². The standard InChI is InChI=1S/C28H24N2O6/c1-15-13-17(28(35)36-30-22(31)11-12-23(30)32)14-16(2)24(15)19-8-6-10-21-25(19)26(27(33)34)18-7-4-5-9-20(18)29(21)3/h4-14,19,31-32H,1-3H3,(H,33,34). The van der Waals surface area contributed by atoms with Gasteiger partial charge in [0.15, 0.2) is 0 Å². The van der Waals surface area contributed by atoms with Crippen LogP contribution >= 0.6 is 0 Å².